The number of imide groups is 1. The molecule has 0 unspecified atom stereocenters. The highest BCUT2D eigenvalue weighted by molar-refractivity contribution is 6.21. The Kier molecular flexibility index (Phi) is 4.74. The quantitative estimate of drug-likeness (QED) is 0.704. The van der Waals surface area contributed by atoms with Crippen molar-refractivity contribution in [1.29, 1.82) is 0 Å². The molecule has 2 aromatic rings. The zero-order chi connectivity index (χ0) is 21.6. The second kappa shape index (κ2) is 7.46. The number of nitrogens with one attached hydrogen (secondary N) is 2. The lowest BCUT2D eigenvalue weighted by molar-refractivity contribution is -0.920. The minimum absolute atomic E-state index is 0.0252. The third-order valence-corrected chi connectivity index (χ3v) is 6.85. The largest absolute Gasteiger partial charge is 0.339 e. The maximum Gasteiger partial charge on any atom is 0.292 e. The number of hydrogen-bond acceptors (Lipinski definition) is 4. The van der Waals surface area contributed by atoms with Crippen molar-refractivity contribution in [3.63, 3.8) is 0 Å². The van der Waals surface area contributed by atoms with Gasteiger partial charge < -0.3 is 15.1 Å². The smallest absolute Gasteiger partial charge is 0.292 e. The standard InChI is InChI=1S/C23H23FN4O3/c24-16-6-8-18(9-7-16)28-20(29)14-19(21(28)30)26-12-10-23(11-13-26)22(31)25-15-27(23)17-4-2-1-3-5-17/h1-9,19H,10-15H2,(H,25,31)/p+1/t19-/m0/s1. The van der Waals surface area contributed by atoms with Crippen molar-refractivity contribution in [3.05, 3.63) is 60.4 Å². The zero-order valence-corrected chi connectivity index (χ0v) is 17.0. The highest BCUT2D eigenvalue weighted by atomic mass is 19.1. The molecule has 3 amide bonds. The molecular weight excluding hydrogens is 399 g/mol. The summed E-state index contributed by atoms with van der Waals surface area (Å²) >= 11 is 0. The highest BCUT2D eigenvalue weighted by Crippen LogP contribution is 2.34. The summed E-state index contributed by atoms with van der Waals surface area (Å²) in [4.78, 5) is 42.8. The topological polar surface area (TPSA) is 74.2 Å². The molecule has 0 saturated carbocycles. The minimum atomic E-state index is -0.618. The SMILES string of the molecule is O=C1C[C@H]([NH+]2CCC3(CC2)C(=O)NCN3c2ccccc2)C(=O)N1c1ccc(F)cc1. The summed E-state index contributed by atoms with van der Waals surface area (Å²) in [6, 6.07) is 14.8. The molecule has 2 aromatic carbocycles. The summed E-state index contributed by atoms with van der Waals surface area (Å²) in [5.74, 6) is -0.904. The van der Waals surface area contributed by atoms with Gasteiger partial charge in [-0.1, -0.05) is 18.2 Å². The van der Waals surface area contributed by atoms with Gasteiger partial charge in [-0.3, -0.25) is 14.4 Å². The number of para-hydroxylation sites is 1. The third-order valence-electron chi connectivity index (χ3n) is 6.85. The Morgan fingerprint density at radius 2 is 1.61 bits per heavy atom. The maximum atomic E-state index is 13.2. The molecule has 7 nitrogen and oxygen atoms in total. The van der Waals surface area contributed by atoms with Gasteiger partial charge in [-0.05, 0) is 36.4 Å². The molecule has 3 aliphatic heterocycles. The third kappa shape index (κ3) is 3.18. The highest BCUT2D eigenvalue weighted by Gasteiger charge is 2.54. The average Bonchev–Trinajstić information content (AvgIpc) is 3.26. The van der Waals surface area contributed by atoms with Gasteiger partial charge in [-0.15, -0.1) is 0 Å². The van der Waals surface area contributed by atoms with E-state index < -0.39 is 17.4 Å². The molecule has 8 heteroatoms. The van der Waals surface area contributed by atoms with Crippen LogP contribution in [0.5, 0.6) is 0 Å². The van der Waals surface area contributed by atoms with Crippen molar-refractivity contribution in [2.45, 2.75) is 30.8 Å². The van der Waals surface area contributed by atoms with Crippen molar-refractivity contribution in [2.75, 3.05) is 29.6 Å². The first-order valence-electron chi connectivity index (χ1n) is 10.6. The molecule has 3 heterocycles. The molecule has 0 bridgehead atoms. The summed E-state index contributed by atoms with van der Waals surface area (Å²) in [6.45, 7) is 1.72. The Balaban J connectivity index is 1.32. The van der Waals surface area contributed by atoms with Gasteiger partial charge in [-0.2, -0.15) is 0 Å². The summed E-state index contributed by atoms with van der Waals surface area (Å²) in [7, 11) is 0. The maximum absolute atomic E-state index is 13.2. The fourth-order valence-electron chi connectivity index (χ4n) is 5.18. The van der Waals surface area contributed by atoms with Crippen LogP contribution in [0.4, 0.5) is 15.8 Å². The van der Waals surface area contributed by atoms with Crippen LogP contribution in [-0.4, -0.2) is 49.1 Å². The number of carbonyl (C=O) groups is 3. The molecule has 1 spiro atoms. The van der Waals surface area contributed by atoms with E-state index in [1.165, 1.54) is 29.2 Å². The number of rotatable bonds is 3. The number of carbonyl (C=O) groups excluding carboxylic acids is 3. The van der Waals surface area contributed by atoms with E-state index in [0.717, 1.165) is 10.6 Å². The van der Waals surface area contributed by atoms with Crippen LogP contribution >= 0.6 is 0 Å². The zero-order valence-electron chi connectivity index (χ0n) is 17.0. The summed E-state index contributed by atoms with van der Waals surface area (Å²) in [5, 5.41) is 2.98. The van der Waals surface area contributed by atoms with Gasteiger partial charge in [0.05, 0.1) is 31.9 Å². The first kappa shape index (κ1) is 19.7. The lowest BCUT2D eigenvalue weighted by Gasteiger charge is -2.42. The Morgan fingerprint density at radius 1 is 0.935 bits per heavy atom. The van der Waals surface area contributed by atoms with E-state index in [4.69, 9.17) is 0 Å². The van der Waals surface area contributed by atoms with Gasteiger partial charge in [-0.25, -0.2) is 9.29 Å². The van der Waals surface area contributed by atoms with Crippen LogP contribution in [-0.2, 0) is 14.4 Å². The first-order chi connectivity index (χ1) is 15.0. The van der Waals surface area contributed by atoms with E-state index >= 15 is 0 Å². The van der Waals surface area contributed by atoms with E-state index in [1.807, 2.05) is 30.3 Å². The van der Waals surface area contributed by atoms with Crippen molar-refractivity contribution in [3.8, 4) is 0 Å². The molecule has 0 aromatic heterocycles. The molecule has 160 valence electrons. The minimum Gasteiger partial charge on any atom is -0.339 e. The Hall–Kier alpha value is -3.26. The van der Waals surface area contributed by atoms with Crippen LogP contribution in [0.1, 0.15) is 19.3 Å². The number of nitrogens with zero attached hydrogens (tertiary/aromatic N) is 2. The normalized spacial score (nSPS) is 28.5. The Morgan fingerprint density at radius 3 is 2.29 bits per heavy atom. The van der Waals surface area contributed by atoms with Gasteiger partial charge in [0.1, 0.15) is 11.4 Å². The molecule has 31 heavy (non-hydrogen) atoms. The van der Waals surface area contributed by atoms with Crippen molar-refractivity contribution >= 4 is 29.1 Å². The summed E-state index contributed by atoms with van der Waals surface area (Å²) < 4.78 is 13.2. The van der Waals surface area contributed by atoms with Crippen LogP contribution in [0.3, 0.4) is 0 Å². The number of hydrogen-bond donors (Lipinski definition) is 2. The molecule has 0 radical (unpaired) electrons. The Bertz CT molecular complexity index is 1020. The van der Waals surface area contributed by atoms with Crippen molar-refractivity contribution in [1.82, 2.24) is 5.32 Å². The average molecular weight is 423 g/mol. The van der Waals surface area contributed by atoms with E-state index in [9.17, 15) is 18.8 Å². The number of likely N-dealkylation sites (tertiary alicyclic amines) is 1. The van der Waals surface area contributed by atoms with Crippen LogP contribution in [0.2, 0.25) is 0 Å². The van der Waals surface area contributed by atoms with Gasteiger partial charge in [0, 0.05) is 18.5 Å². The number of amides is 3. The molecule has 1 atom stereocenters. The van der Waals surface area contributed by atoms with Crippen LogP contribution < -0.4 is 20.0 Å². The molecule has 3 aliphatic rings. The lowest BCUT2D eigenvalue weighted by Crippen LogP contribution is -3.18. The Labute approximate surface area is 179 Å². The van der Waals surface area contributed by atoms with Crippen molar-refractivity contribution < 1.29 is 23.7 Å². The van der Waals surface area contributed by atoms with Crippen LogP contribution in [0.25, 0.3) is 0 Å². The fraction of sp³-hybridized carbons (Fsp3) is 0.348. The predicted molar refractivity (Wildman–Crippen MR) is 112 cm³/mol. The second-order valence-electron chi connectivity index (χ2n) is 8.42. The molecule has 3 saturated heterocycles. The number of benzene rings is 2. The molecule has 0 aliphatic carbocycles. The van der Waals surface area contributed by atoms with Gasteiger partial charge in [0.15, 0.2) is 6.04 Å². The summed E-state index contributed by atoms with van der Waals surface area (Å²) in [5.41, 5.74) is 0.781. The summed E-state index contributed by atoms with van der Waals surface area (Å²) in [6.07, 6.45) is 1.35. The lowest BCUT2D eigenvalue weighted by atomic mass is 9.85. The number of piperidine rings is 1. The van der Waals surface area contributed by atoms with Crippen LogP contribution in [0, 0.1) is 5.82 Å². The van der Waals surface area contributed by atoms with Crippen molar-refractivity contribution in [2.24, 2.45) is 0 Å². The van der Waals surface area contributed by atoms with E-state index in [1.54, 1.807) is 0 Å². The van der Waals surface area contributed by atoms with Crippen LogP contribution in [0.15, 0.2) is 54.6 Å². The molecule has 3 fully saturated rings. The fourth-order valence-corrected chi connectivity index (χ4v) is 5.18. The van der Waals surface area contributed by atoms with E-state index in [2.05, 4.69) is 10.2 Å². The number of quaternary nitrogens is 1. The predicted octanol–water partition coefficient (Wildman–Crippen LogP) is 0.469. The van der Waals surface area contributed by atoms with Gasteiger partial charge in [0.25, 0.3) is 5.91 Å². The first-order valence-corrected chi connectivity index (χ1v) is 10.6. The molecular formula is C23H24FN4O3+. The van der Waals surface area contributed by atoms with Gasteiger partial charge >= 0.3 is 0 Å². The molecule has 5 rings (SSSR count). The molecule has 2 N–H and O–H groups in total. The number of anilines is 2. The number of halogens is 1. The van der Waals surface area contributed by atoms with E-state index in [-0.39, 0.29) is 24.1 Å². The second-order valence-corrected chi connectivity index (χ2v) is 8.42. The van der Waals surface area contributed by atoms with Gasteiger partial charge in [0.2, 0.25) is 11.8 Å². The van der Waals surface area contributed by atoms with E-state index in [0.29, 0.717) is 38.3 Å². The monoisotopic (exact) mass is 423 g/mol.